The molecule has 0 aromatic heterocycles. The second-order valence-electron chi connectivity index (χ2n) is 8.89. The summed E-state index contributed by atoms with van der Waals surface area (Å²) < 4.78 is 17.5. The van der Waals surface area contributed by atoms with E-state index < -0.39 is 11.9 Å². The monoisotopic (exact) mass is 552 g/mol. The molecule has 0 saturated heterocycles. The number of hydrogen-bond donors (Lipinski definition) is 1. The van der Waals surface area contributed by atoms with E-state index in [9.17, 15) is 9.59 Å². The highest BCUT2D eigenvalue weighted by molar-refractivity contribution is 9.10. The predicted molar refractivity (Wildman–Crippen MR) is 143 cm³/mol. The van der Waals surface area contributed by atoms with Crippen LogP contribution in [0.3, 0.4) is 0 Å². The van der Waals surface area contributed by atoms with Crippen molar-refractivity contribution in [3.05, 3.63) is 87.9 Å². The van der Waals surface area contributed by atoms with E-state index in [-0.39, 0.29) is 17.8 Å². The number of amides is 1. The minimum absolute atomic E-state index is 0.0477. The molecule has 0 unspecified atom stereocenters. The fraction of sp³-hybridized carbons (Fsp3) is 0.250. The molecule has 7 nitrogen and oxygen atoms in total. The van der Waals surface area contributed by atoms with Crippen LogP contribution in [-0.2, 0) is 10.2 Å². The van der Waals surface area contributed by atoms with Crippen molar-refractivity contribution < 1.29 is 23.8 Å². The van der Waals surface area contributed by atoms with Crippen LogP contribution in [0.4, 0.5) is 0 Å². The van der Waals surface area contributed by atoms with Gasteiger partial charge in [-0.25, -0.2) is 10.2 Å². The van der Waals surface area contributed by atoms with Crippen LogP contribution in [-0.4, -0.2) is 31.3 Å². The van der Waals surface area contributed by atoms with Crippen LogP contribution >= 0.6 is 15.9 Å². The largest absolute Gasteiger partial charge is 0.490 e. The zero-order chi connectivity index (χ0) is 26.1. The van der Waals surface area contributed by atoms with Gasteiger partial charge in [0.2, 0.25) is 0 Å². The van der Waals surface area contributed by atoms with Gasteiger partial charge in [0.15, 0.2) is 18.1 Å². The Bertz CT molecular complexity index is 1220. The van der Waals surface area contributed by atoms with Crippen molar-refractivity contribution in [3.63, 3.8) is 0 Å². The van der Waals surface area contributed by atoms with Gasteiger partial charge in [0.05, 0.1) is 18.4 Å². The maximum atomic E-state index is 12.5. The van der Waals surface area contributed by atoms with E-state index in [2.05, 4.69) is 47.2 Å². The average molecular weight is 553 g/mol. The van der Waals surface area contributed by atoms with Crippen LogP contribution in [0, 0.1) is 0 Å². The molecule has 0 aliphatic rings. The molecule has 0 spiro atoms. The van der Waals surface area contributed by atoms with Gasteiger partial charge in [-0.1, -0.05) is 48.8 Å². The SMILES string of the molecule is CCOc1cc(C=NNC(=O)COc2ccc(C(C)(C)C)cc2)ccc1OC(=O)c1ccc(Br)cc1. The van der Waals surface area contributed by atoms with Crippen molar-refractivity contribution >= 4 is 34.0 Å². The van der Waals surface area contributed by atoms with Crippen molar-refractivity contribution in [1.82, 2.24) is 5.43 Å². The topological polar surface area (TPSA) is 86.2 Å². The molecule has 3 aromatic carbocycles. The Balaban J connectivity index is 1.56. The third-order valence-electron chi connectivity index (χ3n) is 5.04. The van der Waals surface area contributed by atoms with Gasteiger partial charge in [0.25, 0.3) is 5.91 Å². The number of halogens is 1. The van der Waals surface area contributed by atoms with Gasteiger partial charge in [-0.15, -0.1) is 0 Å². The zero-order valence-electron chi connectivity index (χ0n) is 20.7. The molecule has 0 heterocycles. The molecular weight excluding hydrogens is 524 g/mol. The number of rotatable bonds is 9. The van der Waals surface area contributed by atoms with E-state index in [0.29, 0.717) is 29.2 Å². The third-order valence-corrected chi connectivity index (χ3v) is 5.57. The molecule has 0 fully saturated rings. The van der Waals surface area contributed by atoms with Crippen molar-refractivity contribution in [2.45, 2.75) is 33.1 Å². The van der Waals surface area contributed by atoms with Crippen LogP contribution in [0.2, 0.25) is 0 Å². The molecule has 0 aliphatic heterocycles. The molecule has 36 heavy (non-hydrogen) atoms. The van der Waals surface area contributed by atoms with E-state index in [1.807, 2.05) is 31.2 Å². The van der Waals surface area contributed by atoms with Crippen LogP contribution in [0.1, 0.15) is 49.2 Å². The number of nitrogens with one attached hydrogen (secondary N) is 1. The number of carbonyl (C=O) groups is 2. The van der Waals surface area contributed by atoms with Crippen LogP contribution in [0.15, 0.2) is 76.3 Å². The van der Waals surface area contributed by atoms with Gasteiger partial charge in [0, 0.05) is 4.47 Å². The van der Waals surface area contributed by atoms with E-state index >= 15 is 0 Å². The molecular formula is C28H29BrN2O5. The summed E-state index contributed by atoms with van der Waals surface area (Å²) in [6.07, 6.45) is 1.47. The molecule has 0 atom stereocenters. The van der Waals surface area contributed by atoms with E-state index in [4.69, 9.17) is 14.2 Å². The molecule has 0 bridgehead atoms. The van der Waals surface area contributed by atoms with Gasteiger partial charge < -0.3 is 14.2 Å². The summed E-state index contributed by atoms with van der Waals surface area (Å²) in [6, 6.07) is 19.5. The van der Waals surface area contributed by atoms with Crippen LogP contribution in [0.25, 0.3) is 0 Å². The number of ether oxygens (including phenoxy) is 3. The van der Waals surface area contributed by atoms with E-state index in [1.54, 1.807) is 42.5 Å². The Labute approximate surface area is 219 Å². The summed E-state index contributed by atoms with van der Waals surface area (Å²) in [7, 11) is 0. The quantitative estimate of drug-likeness (QED) is 0.155. The second kappa shape index (κ2) is 12.4. The van der Waals surface area contributed by atoms with E-state index in [0.717, 1.165) is 4.47 Å². The van der Waals surface area contributed by atoms with Gasteiger partial charge in [-0.2, -0.15) is 5.10 Å². The molecule has 8 heteroatoms. The first-order valence-electron chi connectivity index (χ1n) is 11.5. The normalized spacial score (nSPS) is 11.2. The lowest BCUT2D eigenvalue weighted by Crippen LogP contribution is -2.24. The Morgan fingerprint density at radius 2 is 1.64 bits per heavy atom. The first kappa shape index (κ1) is 26.9. The molecule has 0 saturated carbocycles. The second-order valence-corrected chi connectivity index (χ2v) is 9.81. The van der Waals surface area contributed by atoms with E-state index in [1.165, 1.54) is 11.8 Å². The smallest absolute Gasteiger partial charge is 0.343 e. The fourth-order valence-corrected chi connectivity index (χ4v) is 3.38. The first-order chi connectivity index (χ1) is 17.2. The first-order valence-corrected chi connectivity index (χ1v) is 12.2. The predicted octanol–water partition coefficient (Wildman–Crippen LogP) is 5.89. The molecule has 1 amide bonds. The summed E-state index contributed by atoms with van der Waals surface area (Å²) in [5.74, 6) is 0.398. The average Bonchev–Trinajstić information content (AvgIpc) is 2.84. The van der Waals surface area contributed by atoms with Gasteiger partial charge >= 0.3 is 5.97 Å². The van der Waals surface area contributed by atoms with Gasteiger partial charge in [-0.3, -0.25) is 4.79 Å². The highest BCUT2D eigenvalue weighted by Crippen LogP contribution is 2.29. The summed E-state index contributed by atoms with van der Waals surface area (Å²) in [5, 5.41) is 3.98. The van der Waals surface area contributed by atoms with Crippen molar-refractivity contribution in [1.29, 1.82) is 0 Å². The lowest BCUT2D eigenvalue weighted by Gasteiger charge is -2.19. The van der Waals surface area contributed by atoms with Crippen LogP contribution < -0.4 is 19.6 Å². The third kappa shape index (κ3) is 7.95. The lowest BCUT2D eigenvalue weighted by molar-refractivity contribution is -0.123. The maximum Gasteiger partial charge on any atom is 0.343 e. The number of carbonyl (C=O) groups excluding carboxylic acids is 2. The van der Waals surface area contributed by atoms with Crippen molar-refractivity contribution in [2.75, 3.05) is 13.2 Å². The molecule has 1 N–H and O–H groups in total. The number of hydrazone groups is 1. The zero-order valence-corrected chi connectivity index (χ0v) is 22.3. The molecule has 188 valence electrons. The highest BCUT2D eigenvalue weighted by Gasteiger charge is 2.14. The number of esters is 1. The number of nitrogens with zero attached hydrogens (tertiary/aromatic N) is 1. The molecule has 3 rings (SSSR count). The summed E-state index contributed by atoms with van der Waals surface area (Å²) >= 11 is 3.34. The highest BCUT2D eigenvalue weighted by atomic mass is 79.9. The van der Waals surface area contributed by atoms with Crippen molar-refractivity contribution in [2.24, 2.45) is 5.10 Å². The summed E-state index contributed by atoms with van der Waals surface area (Å²) in [4.78, 5) is 24.6. The Hall–Kier alpha value is -3.65. The summed E-state index contributed by atoms with van der Waals surface area (Å²) in [6.45, 7) is 8.45. The number of benzene rings is 3. The van der Waals surface area contributed by atoms with Gasteiger partial charge in [-0.05, 0) is 78.1 Å². The standard InChI is InChI=1S/C28H29BrN2O5/c1-5-34-25-16-19(6-15-24(25)36-27(33)20-7-11-22(29)12-8-20)17-30-31-26(32)18-35-23-13-9-21(10-14-23)28(2,3)4/h6-17H,5,18H2,1-4H3,(H,31,32). The Morgan fingerprint density at radius 1 is 0.944 bits per heavy atom. The van der Waals surface area contributed by atoms with Crippen LogP contribution in [0.5, 0.6) is 17.2 Å². The Morgan fingerprint density at radius 3 is 2.28 bits per heavy atom. The number of hydrogen-bond acceptors (Lipinski definition) is 6. The summed E-state index contributed by atoms with van der Waals surface area (Å²) in [5.41, 5.74) is 4.74. The minimum atomic E-state index is -0.495. The molecule has 0 aliphatic carbocycles. The lowest BCUT2D eigenvalue weighted by atomic mass is 9.87. The minimum Gasteiger partial charge on any atom is -0.490 e. The maximum absolute atomic E-state index is 12.5. The molecule has 3 aromatic rings. The fourth-order valence-electron chi connectivity index (χ4n) is 3.11. The Kier molecular flexibility index (Phi) is 9.25. The van der Waals surface area contributed by atoms with Gasteiger partial charge in [0.1, 0.15) is 5.75 Å². The van der Waals surface area contributed by atoms with Crippen molar-refractivity contribution in [3.8, 4) is 17.2 Å². The molecule has 0 radical (unpaired) electrons.